The first-order valence-corrected chi connectivity index (χ1v) is 9.83. The monoisotopic (exact) mass is 414 g/mol. The predicted octanol–water partition coefficient (Wildman–Crippen LogP) is 2.60. The summed E-state index contributed by atoms with van der Waals surface area (Å²) < 4.78 is 16.1. The second-order valence-corrected chi connectivity index (χ2v) is 7.27. The van der Waals surface area contributed by atoms with E-state index in [9.17, 15) is 14.4 Å². The average Bonchev–Trinajstić information content (AvgIpc) is 3.18. The average molecular weight is 414 g/mol. The molecule has 0 saturated carbocycles. The molecule has 2 aromatic rings. The van der Waals surface area contributed by atoms with Crippen molar-refractivity contribution in [3.05, 3.63) is 47.4 Å². The lowest BCUT2D eigenvalue weighted by Crippen LogP contribution is -2.47. The van der Waals surface area contributed by atoms with Gasteiger partial charge in [-0.25, -0.2) is 0 Å². The number of rotatable bonds is 7. The van der Waals surface area contributed by atoms with Crippen molar-refractivity contribution in [2.45, 2.75) is 32.7 Å². The van der Waals surface area contributed by atoms with E-state index >= 15 is 0 Å². The number of likely N-dealkylation sites (tertiary alicyclic amines) is 1. The summed E-state index contributed by atoms with van der Waals surface area (Å²) in [7, 11) is 1.48. The maximum atomic E-state index is 12.5. The Morgan fingerprint density at radius 2 is 1.90 bits per heavy atom. The highest BCUT2D eigenvalue weighted by molar-refractivity contribution is 5.94. The van der Waals surface area contributed by atoms with Crippen LogP contribution in [0.4, 0.5) is 0 Å². The second kappa shape index (κ2) is 9.47. The minimum Gasteiger partial charge on any atom is -0.493 e. The lowest BCUT2D eigenvalue weighted by atomic mass is 10.0. The number of hydrogen-bond donors (Lipinski definition) is 1. The first-order chi connectivity index (χ1) is 14.4. The number of ketones is 1. The van der Waals surface area contributed by atoms with E-state index in [0.29, 0.717) is 48.8 Å². The molecule has 8 heteroatoms. The Labute approximate surface area is 175 Å². The number of carbonyl (C=O) groups excluding carboxylic acids is 3. The van der Waals surface area contributed by atoms with E-state index in [1.54, 1.807) is 29.2 Å². The summed E-state index contributed by atoms with van der Waals surface area (Å²) in [6.07, 6.45) is 2.82. The molecule has 2 amide bonds. The van der Waals surface area contributed by atoms with Crippen molar-refractivity contribution in [3.63, 3.8) is 0 Å². The van der Waals surface area contributed by atoms with E-state index in [1.807, 2.05) is 6.92 Å². The molecule has 1 fully saturated rings. The van der Waals surface area contributed by atoms with Crippen molar-refractivity contribution >= 4 is 17.6 Å². The number of hydrogen-bond acceptors (Lipinski definition) is 6. The fourth-order valence-electron chi connectivity index (χ4n) is 3.37. The molecule has 1 saturated heterocycles. The largest absolute Gasteiger partial charge is 0.493 e. The van der Waals surface area contributed by atoms with E-state index in [2.05, 4.69) is 5.32 Å². The molecule has 8 nitrogen and oxygen atoms in total. The van der Waals surface area contributed by atoms with Crippen molar-refractivity contribution in [2.24, 2.45) is 0 Å². The molecule has 1 aromatic heterocycles. The van der Waals surface area contributed by atoms with Gasteiger partial charge in [-0.1, -0.05) is 0 Å². The van der Waals surface area contributed by atoms with Gasteiger partial charge in [0.15, 0.2) is 29.6 Å². The third kappa shape index (κ3) is 5.00. The zero-order valence-corrected chi connectivity index (χ0v) is 17.4. The highest BCUT2D eigenvalue weighted by atomic mass is 16.5. The van der Waals surface area contributed by atoms with Gasteiger partial charge in [-0.2, -0.15) is 0 Å². The molecule has 0 aliphatic carbocycles. The Morgan fingerprint density at radius 1 is 1.17 bits per heavy atom. The van der Waals surface area contributed by atoms with Crippen LogP contribution in [0.2, 0.25) is 0 Å². The SMILES string of the molecule is COc1cc(C(C)=O)ccc1OCC(=O)N1CCC(NC(=O)c2occc2C)CC1. The summed E-state index contributed by atoms with van der Waals surface area (Å²) in [4.78, 5) is 38.0. The Bertz CT molecular complexity index is 927. The van der Waals surface area contributed by atoms with E-state index in [0.717, 1.165) is 5.56 Å². The molecule has 2 heterocycles. The standard InChI is InChI=1S/C22H26N2O6/c1-14-8-11-29-21(14)22(27)23-17-6-9-24(10-7-17)20(26)13-30-18-5-4-16(15(2)25)12-19(18)28-3/h4-5,8,11-12,17H,6-7,9-10,13H2,1-3H3,(H,23,27). The van der Waals surface area contributed by atoms with Crippen molar-refractivity contribution in [1.82, 2.24) is 10.2 Å². The molecule has 1 aliphatic rings. The third-order valence-electron chi connectivity index (χ3n) is 5.17. The number of nitrogens with zero attached hydrogens (tertiary/aromatic N) is 1. The number of ether oxygens (including phenoxy) is 2. The highest BCUT2D eigenvalue weighted by Crippen LogP contribution is 2.28. The number of carbonyl (C=O) groups is 3. The van der Waals surface area contributed by atoms with E-state index in [4.69, 9.17) is 13.9 Å². The van der Waals surface area contributed by atoms with Gasteiger partial charge in [-0.15, -0.1) is 0 Å². The second-order valence-electron chi connectivity index (χ2n) is 7.27. The highest BCUT2D eigenvalue weighted by Gasteiger charge is 2.25. The molecule has 3 rings (SSSR count). The van der Waals surface area contributed by atoms with Crippen molar-refractivity contribution in [1.29, 1.82) is 0 Å². The molecule has 0 atom stereocenters. The van der Waals surface area contributed by atoms with Gasteiger partial charge in [0.2, 0.25) is 0 Å². The van der Waals surface area contributed by atoms with Gasteiger partial charge in [0.1, 0.15) is 0 Å². The molecule has 1 N–H and O–H groups in total. The van der Waals surface area contributed by atoms with Gasteiger partial charge in [-0.05, 0) is 51.0 Å². The number of methoxy groups -OCH3 is 1. The summed E-state index contributed by atoms with van der Waals surface area (Å²) >= 11 is 0. The Morgan fingerprint density at radius 3 is 2.50 bits per heavy atom. The van der Waals surface area contributed by atoms with Crippen LogP contribution in [-0.2, 0) is 4.79 Å². The summed E-state index contributed by atoms with van der Waals surface area (Å²) in [5.74, 6) is 0.697. The van der Waals surface area contributed by atoms with Crippen LogP contribution in [0.5, 0.6) is 11.5 Å². The number of Topliss-reactive ketones (excluding diaryl/α,β-unsaturated/α-hetero) is 1. The summed E-state index contributed by atoms with van der Waals surface area (Å²) in [5.41, 5.74) is 1.31. The summed E-state index contributed by atoms with van der Waals surface area (Å²) in [5, 5.41) is 2.96. The maximum Gasteiger partial charge on any atom is 0.287 e. The van der Waals surface area contributed by atoms with Crippen molar-refractivity contribution in [3.8, 4) is 11.5 Å². The van der Waals surface area contributed by atoms with Crippen LogP contribution in [0.25, 0.3) is 0 Å². The number of piperidine rings is 1. The van der Waals surface area contributed by atoms with Crippen LogP contribution >= 0.6 is 0 Å². The minimum atomic E-state index is -0.230. The third-order valence-corrected chi connectivity index (χ3v) is 5.17. The molecule has 0 spiro atoms. The number of amides is 2. The quantitative estimate of drug-likeness (QED) is 0.700. The fourth-order valence-corrected chi connectivity index (χ4v) is 3.37. The number of aryl methyl sites for hydroxylation is 1. The van der Waals surface area contributed by atoms with Crippen molar-refractivity contribution < 1.29 is 28.3 Å². The number of benzene rings is 1. The lowest BCUT2D eigenvalue weighted by molar-refractivity contribution is -0.134. The summed E-state index contributed by atoms with van der Waals surface area (Å²) in [6, 6.07) is 6.60. The zero-order valence-electron chi connectivity index (χ0n) is 17.4. The van der Waals surface area contributed by atoms with Crippen LogP contribution in [0.3, 0.4) is 0 Å². The van der Waals surface area contributed by atoms with Crippen LogP contribution in [-0.4, -0.2) is 55.3 Å². The topological polar surface area (TPSA) is 98.1 Å². The van der Waals surface area contributed by atoms with Crippen LogP contribution in [0, 0.1) is 6.92 Å². The van der Waals surface area contributed by atoms with E-state index < -0.39 is 0 Å². The van der Waals surface area contributed by atoms with Gasteiger partial charge >= 0.3 is 0 Å². The minimum absolute atomic E-state index is 0.00816. The van der Waals surface area contributed by atoms with Gasteiger partial charge < -0.3 is 24.1 Å². The molecule has 0 unspecified atom stereocenters. The fraction of sp³-hybridized carbons (Fsp3) is 0.409. The zero-order chi connectivity index (χ0) is 21.7. The Hall–Kier alpha value is -3.29. The van der Waals surface area contributed by atoms with Gasteiger partial charge in [0.25, 0.3) is 11.8 Å². The smallest absolute Gasteiger partial charge is 0.287 e. The molecule has 0 bridgehead atoms. The van der Waals surface area contributed by atoms with Crippen LogP contribution < -0.4 is 14.8 Å². The van der Waals surface area contributed by atoms with E-state index in [1.165, 1.54) is 20.3 Å². The van der Waals surface area contributed by atoms with Gasteiger partial charge in [0, 0.05) is 30.3 Å². The molecule has 30 heavy (non-hydrogen) atoms. The molecule has 160 valence electrons. The van der Waals surface area contributed by atoms with Crippen LogP contribution in [0.1, 0.15) is 46.2 Å². The molecular formula is C22H26N2O6. The summed E-state index contributed by atoms with van der Waals surface area (Å²) in [6.45, 7) is 4.23. The first kappa shape index (κ1) is 21.4. The Kier molecular flexibility index (Phi) is 6.76. The molecule has 0 radical (unpaired) electrons. The van der Waals surface area contributed by atoms with Crippen LogP contribution in [0.15, 0.2) is 34.9 Å². The number of nitrogens with one attached hydrogen (secondary N) is 1. The predicted molar refractivity (Wildman–Crippen MR) is 109 cm³/mol. The first-order valence-electron chi connectivity index (χ1n) is 9.83. The molecular weight excluding hydrogens is 388 g/mol. The normalized spacial score (nSPS) is 14.3. The maximum absolute atomic E-state index is 12.5. The van der Waals surface area contributed by atoms with E-state index in [-0.39, 0.29) is 30.2 Å². The van der Waals surface area contributed by atoms with Gasteiger partial charge in [-0.3, -0.25) is 14.4 Å². The lowest BCUT2D eigenvalue weighted by Gasteiger charge is -2.32. The van der Waals surface area contributed by atoms with Crippen molar-refractivity contribution in [2.75, 3.05) is 26.8 Å². The number of furan rings is 1. The Balaban J connectivity index is 1.48. The molecule has 1 aliphatic heterocycles. The molecule has 1 aromatic carbocycles. The van der Waals surface area contributed by atoms with Gasteiger partial charge in [0.05, 0.1) is 13.4 Å².